The van der Waals surface area contributed by atoms with Gasteiger partial charge in [0.25, 0.3) is 0 Å². The van der Waals surface area contributed by atoms with E-state index in [2.05, 4.69) is 19.9 Å². The molecule has 0 N–H and O–H groups in total. The van der Waals surface area contributed by atoms with E-state index in [-0.39, 0.29) is 24.8 Å². The van der Waals surface area contributed by atoms with E-state index in [1.165, 1.54) is 50.1 Å². The fraction of sp³-hybridized carbons (Fsp3) is 0.600. The summed E-state index contributed by atoms with van der Waals surface area (Å²) in [5.41, 5.74) is 3.25. The van der Waals surface area contributed by atoms with Crippen molar-refractivity contribution < 1.29 is 49.2 Å². The molecule has 0 radical (unpaired) electrons. The molecule has 0 unspecified atom stereocenters. The van der Waals surface area contributed by atoms with Gasteiger partial charge in [-0.15, -0.1) is 0 Å². The zero-order valence-electron chi connectivity index (χ0n) is 8.16. The van der Waals surface area contributed by atoms with E-state index in [1.54, 1.807) is 14.5 Å². The number of allylic oxidation sites excluding steroid dienone is 4. The van der Waals surface area contributed by atoms with Gasteiger partial charge in [0.2, 0.25) is 0 Å². The number of unbranched alkanes of at least 4 members (excludes halogenated alkanes) is 1. The smallest absolute Gasteiger partial charge is 1.00 e. The van der Waals surface area contributed by atoms with E-state index in [0.717, 1.165) is 0 Å². The van der Waals surface area contributed by atoms with Crippen LogP contribution in [0.4, 0.5) is 0 Å². The van der Waals surface area contributed by atoms with Crippen molar-refractivity contribution in [1.82, 2.24) is 0 Å². The molecule has 73 valence electrons. The molecule has 13 heavy (non-hydrogen) atoms. The first-order chi connectivity index (χ1) is 5.25. The monoisotopic (exact) mass is 385 g/mol. The largest absolute Gasteiger partial charge is 1.00 e. The summed E-state index contributed by atoms with van der Waals surface area (Å²) in [5.74, 6) is 0. The van der Waals surface area contributed by atoms with Crippen LogP contribution in [0.25, 0.3) is 0 Å². The van der Waals surface area contributed by atoms with Gasteiger partial charge in [-0.1, -0.05) is 0 Å². The Balaban J connectivity index is 0. The average molecular weight is 385 g/mol. The molecule has 0 heterocycles. The maximum absolute atomic E-state index is 2.42. The van der Waals surface area contributed by atoms with Crippen LogP contribution in [0, 0.1) is 0 Å². The van der Waals surface area contributed by atoms with Crippen molar-refractivity contribution in [1.29, 1.82) is 0 Å². The number of rotatable bonds is 3. The number of hydrogen-bond acceptors (Lipinski definition) is 0. The Bertz CT molecular complexity index is 207. The van der Waals surface area contributed by atoms with E-state index in [0.29, 0.717) is 0 Å². The SMILES string of the molecule is CCCCC1=CC[C]([Hf+2])=C1C.[Cl-].[Cl-]. The zero-order valence-corrected chi connectivity index (χ0v) is 13.3. The van der Waals surface area contributed by atoms with Gasteiger partial charge in [0, 0.05) is 0 Å². The predicted molar refractivity (Wildman–Crippen MR) is 44.9 cm³/mol. The maximum atomic E-state index is 2.42. The van der Waals surface area contributed by atoms with E-state index < -0.39 is 0 Å². The molecule has 0 amide bonds. The minimum Gasteiger partial charge on any atom is -1.00 e. The minimum absolute atomic E-state index is 0. The molecule has 0 nitrogen and oxygen atoms in total. The van der Waals surface area contributed by atoms with Crippen LogP contribution in [-0.4, -0.2) is 0 Å². The summed E-state index contributed by atoms with van der Waals surface area (Å²) in [5, 5.41) is 0. The van der Waals surface area contributed by atoms with E-state index in [9.17, 15) is 0 Å². The van der Waals surface area contributed by atoms with Crippen LogP contribution in [-0.2, 0) is 24.4 Å². The third-order valence-electron chi connectivity index (χ3n) is 2.29. The summed E-state index contributed by atoms with van der Waals surface area (Å²) in [4.78, 5) is 0. The Morgan fingerprint density at radius 3 is 2.38 bits per heavy atom. The molecule has 0 aliphatic heterocycles. The first-order valence-electron chi connectivity index (χ1n) is 4.36. The summed E-state index contributed by atoms with van der Waals surface area (Å²) in [6.07, 6.45) is 7.68. The van der Waals surface area contributed by atoms with Crippen LogP contribution in [0.1, 0.15) is 39.5 Å². The fourth-order valence-corrected chi connectivity index (χ4v) is 2.33. The molecule has 3 heteroatoms. The number of halogens is 2. The van der Waals surface area contributed by atoms with Gasteiger partial charge in [-0.25, -0.2) is 0 Å². The third-order valence-corrected chi connectivity index (χ3v) is 4.37. The Kier molecular flexibility index (Phi) is 10.4. The summed E-state index contributed by atoms with van der Waals surface area (Å²) < 4.78 is 1.70. The molecule has 0 atom stereocenters. The molecule has 0 fully saturated rings. The van der Waals surface area contributed by atoms with Gasteiger partial charge >= 0.3 is 84.5 Å². The van der Waals surface area contributed by atoms with Gasteiger partial charge < -0.3 is 24.8 Å². The van der Waals surface area contributed by atoms with Crippen LogP contribution in [0.5, 0.6) is 0 Å². The van der Waals surface area contributed by atoms with Crippen LogP contribution in [0.15, 0.2) is 20.6 Å². The molecule has 1 aliphatic carbocycles. The predicted octanol–water partition coefficient (Wildman–Crippen LogP) is -2.66. The first kappa shape index (κ1) is 16.4. The summed E-state index contributed by atoms with van der Waals surface area (Å²) in [7, 11) is 0. The minimum atomic E-state index is 0. The van der Waals surface area contributed by atoms with Crippen molar-refractivity contribution in [2.24, 2.45) is 0 Å². The third kappa shape index (κ3) is 4.80. The standard InChI is InChI=1S/C10H15.2ClH.Hf/c1-3-4-7-10-8-5-6-9(10)2;;;/h8H,3-5,7H2,1-2H3;2*1H;/q;;;+2/p-2. The molecular weight excluding hydrogens is 370 g/mol. The van der Waals surface area contributed by atoms with Gasteiger partial charge in [0.05, 0.1) is 0 Å². The molecule has 0 saturated heterocycles. The van der Waals surface area contributed by atoms with Crippen LogP contribution in [0.3, 0.4) is 0 Å². The second-order valence-corrected chi connectivity index (χ2v) is 5.31. The van der Waals surface area contributed by atoms with Crippen molar-refractivity contribution in [3.05, 3.63) is 20.6 Å². The normalized spacial score (nSPS) is 14.9. The van der Waals surface area contributed by atoms with Crippen molar-refractivity contribution in [3.63, 3.8) is 0 Å². The second-order valence-electron chi connectivity index (χ2n) is 3.14. The Labute approximate surface area is 109 Å². The number of hydrogen-bond donors (Lipinski definition) is 0. The quantitative estimate of drug-likeness (QED) is 0.466. The van der Waals surface area contributed by atoms with Gasteiger partial charge in [0.15, 0.2) is 0 Å². The van der Waals surface area contributed by atoms with Gasteiger partial charge in [-0.2, -0.15) is 0 Å². The summed E-state index contributed by atoms with van der Waals surface area (Å²) in [6, 6.07) is 0. The van der Waals surface area contributed by atoms with E-state index >= 15 is 0 Å². The first-order valence-corrected chi connectivity index (χ1v) is 6.16. The van der Waals surface area contributed by atoms with Gasteiger partial charge in [-0.05, 0) is 0 Å². The van der Waals surface area contributed by atoms with E-state index in [4.69, 9.17) is 0 Å². The maximum Gasteiger partial charge on any atom is -1.00 e. The molecule has 0 bridgehead atoms. The second kappa shape index (κ2) is 8.26. The van der Waals surface area contributed by atoms with Gasteiger partial charge in [0.1, 0.15) is 0 Å². The summed E-state index contributed by atoms with van der Waals surface area (Å²) in [6.45, 7) is 4.55. The van der Waals surface area contributed by atoms with Crippen molar-refractivity contribution in [2.75, 3.05) is 0 Å². The fourth-order valence-electron chi connectivity index (χ4n) is 1.38. The van der Waals surface area contributed by atoms with Crippen LogP contribution < -0.4 is 24.8 Å². The molecule has 0 saturated carbocycles. The molecule has 0 aromatic heterocycles. The summed E-state index contributed by atoms with van der Waals surface area (Å²) >= 11 is 1.26. The van der Waals surface area contributed by atoms with E-state index in [1.807, 2.05) is 0 Å². The Morgan fingerprint density at radius 2 is 2.00 bits per heavy atom. The average Bonchev–Trinajstić information content (AvgIpc) is 2.31. The van der Waals surface area contributed by atoms with Crippen molar-refractivity contribution in [3.8, 4) is 0 Å². The molecule has 1 aliphatic rings. The van der Waals surface area contributed by atoms with Crippen molar-refractivity contribution in [2.45, 2.75) is 39.5 Å². The van der Waals surface area contributed by atoms with Crippen LogP contribution in [0.2, 0.25) is 0 Å². The zero-order chi connectivity index (χ0) is 8.27. The Morgan fingerprint density at radius 1 is 1.38 bits per heavy atom. The molecule has 1 rings (SSSR count). The van der Waals surface area contributed by atoms with Crippen LogP contribution >= 0.6 is 0 Å². The van der Waals surface area contributed by atoms with Crippen molar-refractivity contribution >= 4 is 0 Å². The molecular formula is C10H15Cl2Hf. The topological polar surface area (TPSA) is 0 Å². The van der Waals surface area contributed by atoms with Gasteiger partial charge in [-0.3, -0.25) is 0 Å². The molecule has 0 aromatic rings. The molecule has 0 spiro atoms. The molecule has 0 aromatic carbocycles. The Hall–Kier alpha value is 0.930.